The lowest BCUT2D eigenvalue weighted by Gasteiger charge is -2.38. The minimum Gasteiger partial charge on any atom is -0.324 e. The molecule has 0 bridgehead atoms. The Kier molecular flexibility index (Phi) is 8.06. The molecule has 1 atom stereocenters. The van der Waals surface area contributed by atoms with Crippen molar-refractivity contribution in [2.75, 3.05) is 13.1 Å². The monoisotopic (exact) mass is 242 g/mol. The number of rotatable bonds is 9. The maximum Gasteiger partial charge on any atom is 0.0254 e. The summed E-state index contributed by atoms with van der Waals surface area (Å²) in [6, 6.07) is 0.692. The van der Waals surface area contributed by atoms with E-state index in [4.69, 9.17) is 5.73 Å². The third kappa shape index (κ3) is 7.05. The van der Waals surface area contributed by atoms with Crippen LogP contribution < -0.4 is 5.73 Å². The molecule has 2 heteroatoms. The fourth-order valence-corrected chi connectivity index (χ4v) is 2.73. The second kappa shape index (κ2) is 8.10. The van der Waals surface area contributed by atoms with Crippen LogP contribution in [0.1, 0.15) is 67.2 Å². The van der Waals surface area contributed by atoms with E-state index < -0.39 is 0 Å². The van der Waals surface area contributed by atoms with E-state index in [9.17, 15) is 0 Å². The largest absolute Gasteiger partial charge is 0.324 e. The molecule has 0 rings (SSSR count). The van der Waals surface area contributed by atoms with E-state index in [1.807, 2.05) is 0 Å². The average molecular weight is 242 g/mol. The van der Waals surface area contributed by atoms with Crippen molar-refractivity contribution in [3.63, 3.8) is 0 Å². The fourth-order valence-electron chi connectivity index (χ4n) is 2.73. The van der Waals surface area contributed by atoms with Crippen molar-refractivity contribution in [1.29, 1.82) is 0 Å². The van der Waals surface area contributed by atoms with Gasteiger partial charge in [-0.15, -0.1) is 0 Å². The first-order valence-electron chi connectivity index (χ1n) is 7.39. The van der Waals surface area contributed by atoms with Gasteiger partial charge in [0.05, 0.1) is 0 Å². The molecular formula is C15H34N2. The number of nitrogens with two attached hydrogens (primary N) is 1. The minimum absolute atomic E-state index is 0.0355. The van der Waals surface area contributed by atoms with Crippen LogP contribution in [0.25, 0.3) is 0 Å². The molecule has 0 radical (unpaired) electrons. The van der Waals surface area contributed by atoms with Crippen molar-refractivity contribution in [1.82, 2.24) is 4.90 Å². The maximum absolute atomic E-state index is 6.41. The SMILES string of the molecule is CCCC(C)(N)CN(CC(C)C)C(CC)CC. The quantitative estimate of drug-likeness (QED) is 0.669. The Morgan fingerprint density at radius 3 is 2.00 bits per heavy atom. The van der Waals surface area contributed by atoms with Crippen LogP contribution in [0.5, 0.6) is 0 Å². The molecule has 0 aromatic heterocycles. The van der Waals surface area contributed by atoms with E-state index in [0.717, 1.165) is 13.0 Å². The first-order valence-corrected chi connectivity index (χ1v) is 7.39. The lowest BCUT2D eigenvalue weighted by molar-refractivity contribution is 0.129. The standard InChI is InChI=1S/C15H34N2/c1-7-10-15(6,16)12-17(11-13(4)5)14(8-2)9-3/h13-14H,7-12,16H2,1-6H3. The lowest BCUT2D eigenvalue weighted by Crippen LogP contribution is -2.51. The molecule has 0 amide bonds. The van der Waals surface area contributed by atoms with Crippen molar-refractivity contribution in [3.05, 3.63) is 0 Å². The van der Waals surface area contributed by atoms with Crippen LogP contribution >= 0.6 is 0 Å². The predicted octanol–water partition coefficient (Wildman–Crippen LogP) is 3.65. The summed E-state index contributed by atoms with van der Waals surface area (Å²) in [5.41, 5.74) is 6.37. The Labute approximate surface area is 109 Å². The van der Waals surface area contributed by atoms with Crippen LogP contribution in [0.3, 0.4) is 0 Å². The molecule has 2 nitrogen and oxygen atoms in total. The average Bonchev–Trinajstić information content (AvgIpc) is 2.17. The normalized spacial score (nSPS) is 15.9. The highest BCUT2D eigenvalue weighted by atomic mass is 15.2. The molecule has 0 saturated heterocycles. The molecule has 0 fully saturated rings. The van der Waals surface area contributed by atoms with Gasteiger partial charge in [-0.3, -0.25) is 4.90 Å². The van der Waals surface area contributed by atoms with Crippen molar-refractivity contribution in [2.24, 2.45) is 11.7 Å². The zero-order chi connectivity index (χ0) is 13.5. The third-order valence-electron chi connectivity index (χ3n) is 3.44. The Morgan fingerprint density at radius 1 is 1.12 bits per heavy atom. The van der Waals surface area contributed by atoms with Gasteiger partial charge in [0.15, 0.2) is 0 Å². The van der Waals surface area contributed by atoms with Crippen molar-refractivity contribution in [3.8, 4) is 0 Å². The summed E-state index contributed by atoms with van der Waals surface area (Å²) in [7, 11) is 0. The Morgan fingerprint density at radius 2 is 1.65 bits per heavy atom. The van der Waals surface area contributed by atoms with E-state index in [1.165, 1.54) is 25.8 Å². The zero-order valence-electron chi connectivity index (χ0n) is 12.9. The van der Waals surface area contributed by atoms with Gasteiger partial charge in [0, 0.05) is 24.7 Å². The second-order valence-electron chi connectivity index (χ2n) is 6.20. The number of hydrogen-bond donors (Lipinski definition) is 1. The van der Waals surface area contributed by atoms with E-state index >= 15 is 0 Å². The summed E-state index contributed by atoms with van der Waals surface area (Å²) in [5, 5.41) is 0. The molecule has 0 spiro atoms. The molecule has 0 heterocycles. The van der Waals surface area contributed by atoms with Crippen LogP contribution in [-0.2, 0) is 0 Å². The van der Waals surface area contributed by atoms with Crippen LogP contribution in [0.15, 0.2) is 0 Å². The summed E-state index contributed by atoms with van der Waals surface area (Å²) in [6.07, 6.45) is 4.74. The van der Waals surface area contributed by atoms with Gasteiger partial charge in [-0.2, -0.15) is 0 Å². The minimum atomic E-state index is -0.0355. The first kappa shape index (κ1) is 16.9. The van der Waals surface area contributed by atoms with E-state index in [-0.39, 0.29) is 5.54 Å². The molecule has 0 aromatic carbocycles. The van der Waals surface area contributed by atoms with Gasteiger partial charge in [0.2, 0.25) is 0 Å². The summed E-state index contributed by atoms with van der Waals surface area (Å²) < 4.78 is 0. The summed E-state index contributed by atoms with van der Waals surface area (Å²) in [6.45, 7) is 15.8. The molecule has 104 valence electrons. The molecule has 1 unspecified atom stereocenters. The fraction of sp³-hybridized carbons (Fsp3) is 1.00. The predicted molar refractivity (Wildman–Crippen MR) is 78.3 cm³/mol. The Hall–Kier alpha value is -0.0800. The number of nitrogens with zero attached hydrogens (tertiary/aromatic N) is 1. The number of hydrogen-bond acceptors (Lipinski definition) is 2. The Bertz CT molecular complexity index is 183. The summed E-state index contributed by atoms with van der Waals surface area (Å²) in [4.78, 5) is 2.61. The molecule has 2 N–H and O–H groups in total. The molecular weight excluding hydrogens is 208 g/mol. The molecule has 0 aliphatic carbocycles. The first-order chi connectivity index (χ1) is 7.86. The molecule has 0 aromatic rings. The molecule has 17 heavy (non-hydrogen) atoms. The van der Waals surface area contributed by atoms with Gasteiger partial charge in [-0.1, -0.05) is 41.0 Å². The van der Waals surface area contributed by atoms with Crippen molar-refractivity contribution >= 4 is 0 Å². The second-order valence-corrected chi connectivity index (χ2v) is 6.20. The molecule has 0 saturated carbocycles. The van der Waals surface area contributed by atoms with Gasteiger partial charge in [-0.05, 0) is 32.1 Å². The molecule has 0 aliphatic heterocycles. The van der Waals surface area contributed by atoms with Crippen LogP contribution in [0, 0.1) is 5.92 Å². The van der Waals surface area contributed by atoms with Gasteiger partial charge in [0.25, 0.3) is 0 Å². The zero-order valence-corrected chi connectivity index (χ0v) is 12.9. The van der Waals surface area contributed by atoms with E-state index in [2.05, 4.69) is 46.4 Å². The van der Waals surface area contributed by atoms with E-state index in [0.29, 0.717) is 12.0 Å². The van der Waals surface area contributed by atoms with Gasteiger partial charge < -0.3 is 5.73 Å². The van der Waals surface area contributed by atoms with Crippen molar-refractivity contribution in [2.45, 2.75) is 78.8 Å². The van der Waals surface area contributed by atoms with Crippen LogP contribution in [0.4, 0.5) is 0 Å². The Balaban J connectivity index is 4.56. The highest BCUT2D eigenvalue weighted by molar-refractivity contribution is 4.85. The summed E-state index contributed by atoms with van der Waals surface area (Å²) >= 11 is 0. The maximum atomic E-state index is 6.41. The highest BCUT2D eigenvalue weighted by Gasteiger charge is 2.25. The summed E-state index contributed by atoms with van der Waals surface area (Å²) in [5.74, 6) is 0.716. The van der Waals surface area contributed by atoms with Gasteiger partial charge >= 0.3 is 0 Å². The lowest BCUT2D eigenvalue weighted by atomic mass is 9.94. The van der Waals surface area contributed by atoms with Crippen molar-refractivity contribution < 1.29 is 0 Å². The molecule has 0 aliphatic rings. The van der Waals surface area contributed by atoms with Crippen LogP contribution in [0.2, 0.25) is 0 Å². The van der Waals surface area contributed by atoms with Gasteiger partial charge in [-0.25, -0.2) is 0 Å². The van der Waals surface area contributed by atoms with Crippen LogP contribution in [-0.4, -0.2) is 29.6 Å². The smallest absolute Gasteiger partial charge is 0.0254 e. The highest BCUT2D eigenvalue weighted by Crippen LogP contribution is 2.17. The third-order valence-corrected chi connectivity index (χ3v) is 3.44. The van der Waals surface area contributed by atoms with Gasteiger partial charge in [0.1, 0.15) is 0 Å². The van der Waals surface area contributed by atoms with E-state index in [1.54, 1.807) is 0 Å². The topological polar surface area (TPSA) is 29.3 Å².